The first-order valence-corrected chi connectivity index (χ1v) is 4.97. The summed E-state index contributed by atoms with van der Waals surface area (Å²) in [6.45, 7) is 5.71. The highest BCUT2D eigenvalue weighted by Crippen LogP contribution is 2.32. The molecule has 4 nitrogen and oxygen atoms in total. The lowest BCUT2D eigenvalue weighted by molar-refractivity contribution is -0.146. The first-order valence-electron chi connectivity index (χ1n) is 4.97. The third kappa shape index (κ3) is 2.52. The van der Waals surface area contributed by atoms with Crippen LogP contribution >= 0.6 is 0 Å². The highest BCUT2D eigenvalue weighted by molar-refractivity contribution is 5.74. The summed E-state index contributed by atoms with van der Waals surface area (Å²) in [6, 6.07) is 4.33. The van der Waals surface area contributed by atoms with Crippen LogP contribution in [0.1, 0.15) is 38.0 Å². The van der Waals surface area contributed by atoms with Gasteiger partial charge in [0.15, 0.2) is 6.10 Å². The number of aromatic hydroxyl groups is 1. The summed E-state index contributed by atoms with van der Waals surface area (Å²) < 4.78 is 0. The van der Waals surface area contributed by atoms with Crippen molar-refractivity contribution in [1.29, 1.82) is 0 Å². The molecule has 0 saturated heterocycles. The molecule has 4 heteroatoms. The standard InChI is InChI=1S/C12H16O4/c1-12(2,3)8-6-7(4-5-9(8)13)10(14)11(15)16/h4-6,10,13-14H,1-3H3,(H,15,16). The lowest BCUT2D eigenvalue weighted by atomic mass is 9.85. The van der Waals surface area contributed by atoms with Crippen molar-refractivity contribution in [2.45, 2.75) is 32.3 Å². The molecule has 1 rings (SSSR count). The van der Waals surface area contributed by atoms with E-state index >= 15 is 0 Å². The minimum absolute atomic E-state index is 0.105. The zero-order valence-electron chi connectivity index (χ0n) is 9.56. The van der Waals surface area contributed by atoms with E-state index in [0.29, 0.717) is 5.56 Å². The number of aliphatic carboxylic acids is 1. The molecule has 0 aromatic heterocycles. The van der Waals surface area contributed by atoms with Crippen molar-refractivity contribution < 1.29 is 20.1 Å². The SMILES string of the molecule is CC(C)(C)c1cc(C(O)C(=O)O)ccc1O. The molecule has 0 spiro atoms. The van der Waals surface area contributed by atoms with Crippen molar-refractivity contribution in [2.24, 2.45) is 0 Å². The van der Waals surface area contributed by atoms with Crippen LogP contribution in [0.3, 0.4) is 0 Å². The van der Waals surface area contributed by atoms with Gasteiger partial charge in [0.05, 0.1) is 0 Å². The number of carboxylic acids is 1. The molecule has 0 fully saturated rings. The van der Waals surface area contributed by atoms with E-state index in [2.05, 4.69) is 0 Å². The van der Waals surface area contributed by atoms with Crippen LogP contribution in [0.25, 0.3) is 0 Å². The molecular formula is C12H16O4. The van der Waals surface area contributed by atoms with Crippen LogP contribution in [0.15, 0.2) is 18.2 Å². The fourth-order valence-corrected chi connectivity index (χ4v) is 1.47. The van der Waals surface area contributed by atoms with Crippen LogP contribution in [-0.2, 0) is 10.2 Å². The summed E-state index contributed by atoms with van der Waals surface area (Å²) in [7, 11) is 0. The number of phenolic OH excluding ortho intramolecular Hbond substituents is 1. The number of benzene rings is 1. The summed E-state index contributed by atoms with van der Waals surface area (Å²) in [5.41, 5.74) is 0.582. The first-order chi connectivity index (χ1) is 7.23. The second-order valence-electron chi connectivity index (χ2n) is 4.77. The summed E-state index contributed by atoms with van der Waals surface area (Å²) in [6.07, 6.45) is -1.55. The van der Waals surface area contributed by atoms with E-state index in [1.165, 1.54) is 18.2 Å². The molecule has 1 aromatic rings. The van der Waals surface area contributed by atoms with Crippen molar-refractivity contribution in [3.8, 4) is 5.75 Å². The van der Waals surface area contributed by atoms with Crippen LogP contribution < -0.4 is 0 Å². The van der Waals surface area contributed by atoms with E-state index in [-0.39, 0.29) is 16.7 Å². The predicted octanol–water partition coefficient (Wildman–Crippen LogP) is 1.81. The molecule has 1 aromatic carbocycles. The van der Waals surface area contributed by atoms with Gasteiger partial charge in [0.25, 0.3) is 0 Å². The van der Waals surface area contributed by atoms with E-state index < -0.39 is 12.1 Å². The normalized spacial score (nSPS) is 13.5. The minimum Gasteiger partial charge on any atom is -0.508 e. The van der Waals surface area contributed by atoms with E-state index in [0.717, 1.165) is 0 Å². The number of hydrogen-bond donors (Lipinski definition) is 3. The number of phenols is 1. The Balaban J connectivity index is 3.23. The molecule has 88 valence electrons. The molecule has 0 aliphatic rings. The van der Waals surface area contributed by atoms with Gasteiger partial charge in [-0.1, -0.05) is 26.8 Å². The van der Waals surface area contributed by atoms with E-state index in [1.54, 1.807) is 0 Å². The highest BCUT2D eigenvalue weighted by atomic mass is 16.4. The maximum Gasteiger partial charge on any atom is 0.337 e. The molecule has 0 bridgehead atoms. The van der Waals surface area contributed by atoms with Crippen LogP contribution in [0.2, 0.25) is 0 Å². The topological polar surface area (TPSA) is 77.8 Å². The Bertz CT molecular complexity index is 404. The van der Waals surface area contributed by atoms with Crippen molar-refractivity contribution in [1.82, 2.24) is 0 Å². The van der Waals surface area contributed by atoms with Crippen molar-refractivity contribution in [3.05, 3.63) is 29.3 Å². The maximum absolute atomic E-state index is 10.6. The number of aliphatic hydroxyl groups excluding tert-OH is 1. The van der Waals surface area contributed by atoms with Gasteiger partial charge < -0.3 is 15.3 Å². The van der Waals surface area contributed by atoms with Gasteiger partial charge in [-0.15, -0.1) is 0 Å². The molecular weight excluding hydrogens is 208 g/mol. The van der Waals surface area contributed by atoms with Gasteiger partial charge in [0.2, 0.25) is 0 Å². The molecule has 0 aliphatic heterocycles. The first kappa shape index (κ1) is 12.5. The fourth-order valence-electron chi connectivity index (χ4n) is 1.47. The Kier molecular flexibility index (Phi) is 3.24. The van der Waals surface area contributed by atoms with Gasteiger partial charge >= 0.3 is 5.97 Å². The van der Waals surface area contributed by atoms with Gasteiger partial charge in [-0.3, -0.25) is 0 Å². The maximum atomic E-state index is 10.6. The Morgan fingerprint density at radius 1 is 1.31 bits per heavy atom. The zero-order chi connectivity index (χ0) is 12.5. The molecule has 0 amide bonds. The predicted molar refractivity (Wildman–Crippen MR) is 59.4 cm³/mol. The molecule has 0 heterocycles. The summed E-state index contributed by atoms with van der Waals surface area (Å²) in [4.78, 5) is 10.6. The average Bonchev–Trinajstić information content (AvgIpc) is 2.15. The van der Waals surface area contributed by atoms with Crippen LogP contribution in [-0.4, -0.2) is 21.3 Å². The van der Waals surface area contributed by atoms with Crippen LogP contribution in [0.5, 0.6) is 5.75 Å². The number of carboxylic acid groups (broad SMARTS) is 1. The van der Waals surface area contributed by atoms with E-state index in [4.69, 9.17) is 5.11 Å². The number of hydrogen-bond acceptors (Lipinski definition) is 3. The molecule has 3 N–H and O–H groups in total. The van der Waals surface area contributed by atoms with Gasteiger partial charge in [0, 0.05) is 0 Å². The fraction of sp³-hybridized carbons (Fsp3) is 0.417. The second kappa shape index (κ2) is 4.14. The number of rotatable bonds is 2. The van der Waals surface area contributed by atoms with Crippen molar-refractivity contribution in [2.75, 3.05) is 0 Å². The quantitative estimate of drug-likeness (QED) is 0.716. The second-order valence-corrected chi connectivity index (χ2v) is 4.77. The molecule has 0 aliphatic carbocycles. The van der Waals surface area contributed by atoms with E-state index in [1.807, 2.05) is 20.8 Å². The van der Waals surface area contributed by atoms with Crippen LogP contribution in [0.4, 0.5) is 0 Å². The number of carbonyl (C=O) groups is 1. The number of aliphatic hydroxyl groups is 1. The highest BCUT2D eigenvalue weighted by Gasteiger charge is 2.22. The zero-order valence-corrected chi connectivity index (χ0v) is 9.56. The Morgan fingerprint density at radius 2 is 1.88 bits per heavy atom. The van der Waals surface area contributed by atoms with Crippen LogP contribution in [0, 0.1) is 0 Å². The molecule has 0 radical (unpaired) electrons. The summed E-state index contributed by atoms with van der Waals surface area (Å²) in [5, 5.41) is 27.7. The summed E-state index contributed by atoms with van der Waals surface area (Å²) in [5.74, 6) is -1.20. The van der Waals surface area contributed by atoms with Gasteiger partial charge in [-0.25, -0.2) is 4.79 Å². The lowest BCUT2D eigenvalue weighted by Gasteiger charge is -2.21. The lowest BCUT2D eigenvalue weighted by Crippen LogP contribution is -2.15. The Labute approximate surface area is 94.2 Å². The molecule has 16 heavy (non-hydrogen) atoms. The van der Waals surface area contributed by atoms with Gasteiger partial charge in [-0.2, -0.15) is 0 Å². The van der Waals surface area contributed by atoms with Crippen molar-refractivity contribution in [3.63, 3.8) is 0 Å². The Morgan fingerprint density at radius 3 is 2.31 bits per heavy atom. The Hall–Kier alpha value is -1.55. The van der Waals surface area contributed by atoms with Gasteiger partial charge in [0.1, 0.15) is 5.75 Å². The van der Waals surface area contributed by atoms with Crippen molar-refractivity contribution >= 4 is 5.97 Å². The summed E-state index contributed by atoms with van der Waals surface area (Å²) >= 11 is 0. The monoisotopic (exact) mass is 224 g/mol. The third-order valence-corrected chi connectivity index (χ3v) is 2.38. The third-order valence-electron chi connectivity index (χ3n) is 2.38. The largest absolute Gasteiger partial charge is 0.508 e. The van der Waals surface area contributed by atoms with E-state index in [9.17, 15) is 15.0 Å². The molecule has 1 unspecified atom stereocenters. The molecule has 1 atom stereocenters. The smallest absolute Gasteiger partial charge is 0.337 e. The minimum atomic E-state index is -1.55. The van der Waals surface area contributed by atoms with Gasteiger partial charge in [-0.05, 0) is 28.7 Å². The molecule has 0 saturated carbocycles. The average molecular weight is 224 g/mol.